The molecule has 0 saturated carbocycles. The second kappa shape index (κ2) is 5.49. The van der Waals surface area contributed by atoms with Crippen LogP contribution in [0.15, 0.2) is 6.07 Å². The Bertz CT molecular complexity index is 463. The highest BCUT2D eigenvalue weighted by Crippen LogP contribution is 2.29. The fraction of sp³-hybridized carbons (Fsp3) is 0.500. The van der Waals surface area contributed by atoms with Gasteiger partial charge in [-0.15, -0.1) is 11.3 Å². The molecule has 1 aromatic rings. The van der Waals surface area contributed by atoms with Crippen molar-refractivity contribution in [2.75, 3.05) is 19.0 Å². The van der Waals surface area contributed by atoms with E-state index in [1.165, 1.54) is 18.4 Å². The molecule has 98 valence electrons. The lowest BCUT2D eigenvalue weighted by Crippen LogP contribution is -2.27. The fourth-order valence-corrected chi connectivity index (χ4v) is 2.75. The molecule has 18 heavy (non-hydrogen) atoms. The Labute approximate surface area is 109 Å². The van der Waals surface area contributed by atoms with E-state index < -0.39 is 12.1 Å². The van der Waals surface area contributed by atoms with Crippen LogP contribution in [0.5, 0.6) is 0 Å². The van der Waals surface area contributed by atoms with Crippen LogP contribution in [0.2, 0.25) is 0 Å². The lowest BCUT2D eigenvalue weighted by molar-refractivity contribution is -0.124. The number of carbonyl (C=O) groups is 2. The number of amides is 1. The minimum absolute atomic E-state index is 0.195. The SMILES string of the molecule is COC(=O)c1cc(C)sc1NC(=O)[C@@H]1CCCO1. The van der Waals surface area contributed by atoms with E-state index in [2.05, 4.69) is 10.1 Å². The Morgan fingerprint density at radius 3 is 2.94 bits per heavy atom. The van der Waals surface area contributed by atoms with Crippen molar-refractivity contribution in [1.82, 2.24) is 0 Å². The van der Waals surface area contributed by atoms with E-state index in [-0.39, 0.29) is 5.91 Å². The molecule has 0 aromatic carbocycles. The second-order valence-corrected chi connectivity index (χ2v) is 5.34. The summed E-state index contributed by atoms with van der Waals surface area (Å²) >= 11 is 1.36. The summed E-state index contributed by atoms with van der Waals surface area (Å²) in [6.07, 6.45) is 1.22. The van der Waals surface area contributed by atoms with E-state index >= 15 is 0 Å². The molecule has 1 atom stereocenters. The van der Waals surface area contributed by atoms with Crippen molar-refractivity contribution in [3.63, 3.8) is 0 Å². The van der Waals surface area contributed by atoms with Gasteiger partial charge in [0.2, 0.25) is 0 Å². The van der Waals surface area contributed by atoms with Crippen LogP contribution in [-0.2, 0) is 14.3 Å². The molecule has 0 unspecified atom stereocenters. The topological polar surface area (TPSA) is 64.6 Å². The van der Waals surface area contributed by atoms with Crippen LogP contribution < -0.4 is 5.32 Å². The molecular weight excluding hydrogens is 254 g/mol. The Balaban J connectivity index is 2.12. The summed E-state index contributed by atoms with van der Waals surface area (Å²) in [5.41, 5.74) is 0.395. The average Bonchev–Trinajstić information content (AvgIpc) is 2.97. The average molecular weight is 269 g/mol. The molecular formula is C12H15NO4S. The molecule has 1 aliphatic rings. The fourth-order valence-electron chi connectivity index (χ4n) is 1.85. The smallest absolute Gasteiger partial charge is 0.340 e. The predicted molar refractivity (Wildman–Crippen MR) is 68.0 cm³/mol. The quantitative estimate of drug-likeness (QED) is 0.852. The number of methoxy groups -OCH3 is 1. The van der Waals surface area contributed by atoms with E-state index in [4.69, 9.17) is 4.74 Å². The monoisotopic (exact) mass is 269 g/mol. The second-order valence-electron chi connectivity index (χ2n) is 4.08. The molecule has 1 amide bonds. The maximum absolute atomic E-state index is 11.9. The summed E-state index contributed by atoms with van der Waals surface area (Å²) in [4.78, 5) is 24.4. The molecule has 6 heteroatoms. The molecule has 0 bridgehead atoms. The number of carbonyl (C=O) groups excluding carboxylic acids is 2. The van der Waals surface area contributed by atoms with Gasteiger partial charge in [-0.05, 0) is 25.8 Å². The normalized spacial score (nSPS) is 18.7. The maximum atomic E-state index is 11.9. The molecule has 1 fully saturated rings. The van der Waals surface area contributed by atoms with E-state index in [0.29, 0.717) is 17.2 Å². The van der Waals surface area contributed by atoms with Gasteiger partial charge in [-0.25, -0.2) is 4.79 Å². The summed E-state index contributed by atoms with van der Waals surface area (Å²) in [5.74, 6) is -0.638. The number of rotatable bonds is 3. The minimum atomic E-state index is -0.443. The summed E-state index contributed by atoms with van der Waals surface area (Å²) in [6.45, 7) is 2.49. The molecule has 1 aromatic heterocycles. The third-order valence-corrected chi connectivity index (χ3v) is 3.69. The lowest BCUT2D eigenvalue weighted by Gasteiger charge is -2.09. The minimum Gasteiger partial charge on any atom is -0.465 e. The highest BCUT2D eigenvalue weighted by Gasteiger charge is 2.25. The van der Waals surface area contributed by atoms with Crippen LogP contribution in [0.25, 0.3) is 0 Å². The first-order valence-electron chi connectivity index (χ1n) is 5.73. The summed E-state index contributed by atoms with van der Waals surface area (Å²) < 4.78 is 9.98. The van der Waals surface area contributed by atoms with Gasteiger partial charge in [0.15, 0.2) is 0 Å². The van der Waals surface area contributed by atoms with Gasteiger partial charge in [-0.2, -0.15) is 0 Å². The number of hydrogen-bond donors (Lipinski definition) is 1. The number of ether oxygens (including phenoxy) is 2. The van der Waals surface area contributed by atoms with Gasteiger partial charge in [-0.1, -0.05) is 0 Å². The van der Waals surface area contributed by atoms with Crippen molar-refractivity contribution in [2.45, 2.75) is 25.9 Å². The van der Waals surface area contributed by atoms with Gasteiger partial charge in [-0.3, -0.25) is 4.79 Å². The molecule has 0 spiro atoms. The highest BCUT2D eigenvalue weighted by atomic mass is 32.1. The van der Waals surface area contributed by atoms with Crippen LogP contribution in [-0.4, -0.2) is 31.7 Å². The molecule has 0 radical (unpaired) electrons. The maximum Gasteiger partial charge on any atom is 0.340 e. The Kier molecular flexibility index (Phi) is 3.98. The molecule has 2 rings (SSSR count). The van der Waals surface area contributed by atoms with Gasteiger partial charge < -0.3 is 14.8 Å². The first-order chi connectivity index (χ1) is 8.61. The van der Waals surface area contributed by atoms with E-state index in [1.807, 2.05) is 6.92 Å². The van der Waals surface area contributed by atoms with Crippen LogP contribution in [0.3, 0.4) is 0 Å². The zero-order valence-electron chi connectivity index (χ0n) is 10.3. The van der Waals surface area contributed by atoms with Crippen molar-refractivity contribution < 1.29 is 19.1 Å². The van der Waals surface area contributed by atoms with E-state index in [0.717, 1.165) is 17.7 Å². The van der Waals surface area contributed by atoms with Crippen LogP contribution in [0.1, 0.15) is 28.1 Å². The third-order valence-electron chi connectivity index (χ3n) is 2.72. The van der Waals surface area contributed by atoms with Crippen LogP contribution >= 0.6 is 11.3 Å². The Hall–Kier alpha value is -1.40. The van der Waals surface area contributed by atoms with Gasteiger partial charge >= 0.3 is 5.97 Å². The standard InChI is InChI=1S/C12H15NO4S/c1-7-6-8(12(15)16-2)11(18-7)13-10(14)9-4-3-5-17-9/h6,9H,3-5H2,1-2H3,(H,13,14)/t9-/m0/s1. The first-order valence-corrected chi connectivity index (χ1v) is 6.54. The predicted octanol–water partition coefficient (Wildman–Crippen LogP) is 1.96. The van der Waals surface area contributed by atoms with Gasteiger partial charge in [0, 0.05) is 11.5 Å². The summed E-state index contributed by atoms with van der Waals surface area (Å²) in [7, 11) is 1.32. The number of esters is 1. The lowest BCUT2D eigenvalue weighted by atomic mass is 10.2. The van der Waals surface area contributed by atoms with Gasteiger partial charge in [0.1, 0.15) is 11.1 Å². The number of thiophene rings is 1. The first kappa shape index (κ1) is 13.0. The van der Waals surface area contributed by atoms with Gasteiger partial charge in [0.25, 0.3) is 5.91 Å². The van der Waals surface area contributed by atoms with Crippen molar-refractivity contribution in [1.29, 1.82) is 0 Å². The number of nitrogens with one attached hydrogen (secondary N) is 1. The molecule has 0 aliphatic carbocycles. The molecule has 2 heterocycles. The summed E-state index contributed by atoms with van der Waals surface area (Å²) in [6, 6.07) is 1.71. The molecule has 1 saturated heterocycles. The van der Waals surface area contributed by atoms with E-state index in [1.54, 1.807) is 6.07 Å². The van der Waals surface area contributed by atoms with Crippen molar-refractivity contribution in [2.24, 2.45) is 0 Å². The largest absolute Gasteiger partial charge is 0.465 e. The Morgan fingerprint density at radius 1 is 1.56 bits per heavy atom. The van der Waals surface area contributed by atoms with Crippen molar-refractivity contribution in [3.8, 4) is 0 Å². The number of hydrogen-bond acceptors (Lipinski definition) is 5. The zero-order valence-corrected chi connectivity index (χ0v) is 11.1. The highest BCUT2D eigenvalue weighted by molar-refractivity contribution is 7.16. The third kappa shape index (κ3) is 2.70. The zero-order chi connectivity index (χ0) is 13.1. The van der Waals surface area contributed by atoms with Crippen molar-refractivity contribution in [3.05, 3.63) is 16.5 Å². The molecule has 1 aliphatic heterocycles. The number of anilines is 1. The molecule has 1 N–H and O–H groups in total. The van der Waals surface area contributed by atoms with Crippen molar-refractivity contribution >= 4 is 28.2 Å². The Morgan fingerprint density at radius 2 is 2.33 bits per heavy atom. The van der Waals surface area contributed by atoms with Gasteiger partial charge in [0.05, 0.1) is 12.7 Å². The molecule has 5 nitrogen and oxygen atoms in total. The number of aryl methyl sites for hydroxylation is 1. The van der Waals surface area contributed by atoms with E-state index in [9.17, 15) is 9.59 Å². The van der Waals surface area contributed by atoms with Crippen LogP contribution in [0, 0.1) is 6.92 Å². The summed E-state index contributed by atoms with van der Waals surface area (Å²) in [5, 5.41) is 3.27. The van der Waals surface area contributed by atoms with Crippen LogP contribution in [0.4, 0.5) is 5.00 Å².